The van der Waals surface area contributed by atoms with Crippen LogP contribution in [0.15, 0.2) is 18.3 Å². The van der Waals surface area contributed by atoms with E-state index in [1.165, 1.54) is 0 Å². The van der Waals surface area contributed by atoms with Crippen LogP contribution in [0, 0.1) is 0 Å². The summed E-state index contributed by atoms with van der Waals surface area (Å²) in [6.45, 7) is 2.22. The van der Waals surface area contributed by atoms with Crippen molar-refractivity contribution in [1.82, 2.24) is 14.8 Å². The van der Waals surface area contributed by atoms with Crippen molar-refractivity contribution in [2.75, 3.05) is 26.7 Å². The van der Waals surface area contributed by atoms with E-state index in [0.717, 1.165) is 5.56 Å². The lowest BCUT2D eigenvalue weighted by Crippen LogP contribution is -2.44. The van der Waals surface area contributed by atoms with E-state index in [1.54, 1.807) is 6.20 Å². The molecule has 5 nitrogen and oxygen atoms in total. The highest BCUT2D eigenvalue weighted by molar-refractivity contribution is 6.30. The van der Waals surface area contributed by atoms with Gasteiger partial charge in [0.2, 0.25) is 5.91 Å². The molecule has 0 unspecified atom stereocenters. The molecule has 1 fully saturated rings. The Bertz CT molecular complexity index is 461. The zero-order chi connectivity index (χ0) is 14.5. The molecular weight excluding hydrogens is 278 g/mol. The largest absolute Gasteiger partial charge is 0.393 e. The molecule has 1 N–H and O–H groups in total. The molecule has 110 valence electrons. The molecular formula is C14H20ClN3O2. The molecule has 20 heavy (non-hydrogen) atoms. The molecule has 0 radical (unpaired) electrons. The molecule has 1 saturated heterocycles. The molecule has 1 amide bonds. The van der Waals surface area contributed by atoms with Crippen molar-refractivity contribution in [2.24, 2.45) is 0 Å². The van der Waals surface area contributed by atoms with Gasteiger partial charge in [-0.2, -0.15) is 0 Å². The first kappa shape index (κ1) is 15.2. The zero-order valence-electron chi connectivity index (χ0n) is 11.6. The van der Waals surface area contributed by atoms with Gasteiger partial charge in [0, 0.05) is 31.4 Å². The number of aliphatic hydroxyl groups excluding tert-OH is 1. The van der Waals surface area contributed by atoms with Crippen molar-refractivity contribution in [2.45, 2.75) is 25.5 Å². The van der Waals surface area contributed by atoms with Crippen LogP contribution in [0.1, 0.15) is 18.4 Å². The predicted octanol–water partition coefficient (Wildman–Crippen LogP) is 1.15. The van der Waals surface area contributed by atoms with Crippen LogP contribution < -0.4 is 0 Å². The molecule has 1 aromatic rings. The number of halogens is 1. The van der Waals surface area contributed by atoms with Crippen LogP contribution in [0.25, 0.3) is 0 Å². The summed E-state index contributed by atoms with van der Waals surface area (Å²) in [6, 6.07) is 3.75. The first-order valence-electron chi connectivity index (χ1n) is 6.80. The summed E-state index contributed by atoms with van der Waals surface area (Å²) in [6.07, 6.45) is 2.73. The summed E-state index contributed by atoms with van der Waals surface area (Å²) in [7, 11) is 1.89. The van der Waals surface area contributed by atoms with Gasteiger partial charge in [-0.05, 0) is 26.0 Å². The number of carbonyl (C=O) groups excluding carboxylic acids is 1. The van der Waals surface area contributed by atoms with Crippen molar-refractivity contribution in [3.63, 3.8) is 0 Å². The fourth-order valence-corrected chi connectivity index (χ4v) is 2.51. The molecule has 0 bridgehead atoms. The Hall–Kier alpha value is -1.17. The van der Waals surface area contributed by atoms with Gasteiger partial charge < -0.3 is 10.0 Å². The number of likely N-dealkylation sites (N-methyl/N-ethyl adjacent to an activating group) is 1. The third kappa shape index (κ3) is 4.16. The SMILES string of the molecule is CN(CC(=O)N1CCC(O)CC1)Cc1cccnc1Cl. The first-order chi connectivity index (χ1) is 9.56. The van der Waals surface area contributed by atoms with Gasteiger partial charge in [0.15, 0.2) is 0 Å². The minimum absolute atomic E-state index is 0.0967. The predicted molar refractivity (Wildman–Crippen MR) is 77.4 cm³/mol. The van der Waals surface area contributed by atoms with Crippen molar-refractivity contribution in [1.29, 1.82) is 0 Å². The smallest absolute Gasteiger partial charge is 0.236 e. The number of rotatable bonds is 4. The molecule has 0 aromatic carbocycles. The molecule has 1 aliphatic rings. The highest BCUT2D eigenvalue weighted by Crippen LogP contribution is 2.14. The van der Waals surface area contributed by atoms with E-state index in [2.05, 4.69) is 4.98 Å². The number of piperidine rings is 1. The van der Waals surface area contributed by atoms with Crippen LogP contribution in [0.4, 0.5) is 0 Å². The van der Waals surface area contributed by atoms with Crippen LogP contribution in [0.2, 0.25) is 5.15 Å². The van der Waals surface area contributed by atoms with Crippen LogP contribution in [-0.4, -0.2) is 58.6 Å². The number of pyridine rings is 1. The summed E-state index contributed by atoms with van der Waals surface area (Å²) in [5, 5.41) is 9.93. The lowest BCUT2D eigenvalue weighted by atomic mass is 10.1. The van der Waals surface area contributed by atoms with E-state index in [0.29, 0.717) is 44.2 Å². The number of carbonyl (C=O) groups is 1. The molecule has 0 saturated carbocycles. The third-order valence-electron chi connectivity index (χ3n) is 3.50. The Labute approximate surface area is 124 Å². The van der Waals surface area contributed by atoms with E-state index < -0.39 is 0 Å². The maximum absolute atomic E-state index is 12.1. The van der Waals surface area contributed by atoms with Gasteiger partial charge in [-0.1, -0.05) is 17.7 Å². The molecule has 0 atom stereocenters. The zero-order valence-corrected chi connectivity index (χ0v) is 12.4. The second-order valence-electron chi connectivity index (χ2n) is 5.24. The molecule has 6 heteroatoms. The van der Waals surface area contributed by atoms with Gasteiger partial charge in [-0.3, -0.25) is 9.69 Å². The fourth-order valence-electron chi connectivity index (χ4n) is 2.33. The van der Waals surface area contributed by atoms with Crippen LogP contribution >= 0.6 is 11.6 Å². The van der Waals surface area contributed by atoms with Gasteiger partial charge in [0.1, 0.15) is 5.15 Å². The van der Waals surface area contributed by atoms with Crippen molar-refractivity contribution in [3.05, 3.63) is 29.0 Å². The number of likely N-dealkylation sites (tertiary alicyclic amines) is 1. The monoisotopic (exact) mass is 297 g/mol. The maximum Gasteiger partial charge on any atom is 0.236 e. The number of amides is 1. The minimum Gasteiger partial charge on any atom is -0.393 e. The minimum atomic E-state index is -0.258. The van der Waals surface area contributed by atoms with Crippen LogP contribution in [0.5, 0.6) is 0 Å². The van der Waals surface area contributed by atoms with Gasteiger partial charge in [-0.25, -0.2) is 4.98 Å². The van der Waals surface area contributed by atoms with E-state index in [9.17, 15) is 9.90 Å². The summed E-state index contributed by atoms with van der Waals surface area (Å²) in [5.74, 6) is 0.0967. The van der Waals surface area contributed by atoms with Crippen molar-refractivity contribution >= 4 is 17.5 Å². The Balaban J connectivity index is 1.83. The van der Waals surface area contributed by atoms with Gasteiger partial charge in [0.25, 0.3) is 0 Å². The average Bonchev–Trinajstić information content (AvgIpc) is 2.42. The normalized spacial score (nSPS) is 16.7. The third-order valence-corrected chi connectivity index (χ3v) is 3.84. The van der Waals surface area contributed by atoms with E-state index in [-0.39, 0.29) is 12.0 Å². The number of nitrogens with zero attached hydrogens (tertiary/aromatic N) is 3. The van der Waals surface area contributed by atoms with Crippen molar-refractivity contribution < 1.29 is 9.90 Å². The van der Waals surface area contributed by atoms with Crippen LogP contribution in [-0.2, 0) is 11.3 Å². The molecule has 2 heterocycles. The summed E-state index contributed by atoms with van der Waals surface area (Å²) in [5.41, 5.74) is 0.915. The number of aliphatic hydroxyl groups is 1. The Morgan fingerprint density at radius 3 is 2.90 bits per heavy atom. The van der Waals surface area contributed by atoms with Crippen LogP contribution in [0.3, 0.4) is 0 Å². The topological polar surface area (TPSA) is 56.7 Å². The molecule has 1 aliphatic heterocycles. The lowest BCUT2D eigenvalue weighted by Gasteiger charge is -2.31. The number of hydrogen-bond donors (Lipinski definition) is 1. The van der Waals surface area contributed by atoms with E-state index in [4.69, 9.17) is 11.6 Å². The van der Waals surface area contributed by atoms with Gasteiger partial charge >= 0.3 is 0 Å². The number of hydrogen-bond acceptors (Lipinski definition) is 4. The summed E-state index contributed by atoms with van der Waals surface area (Å²) >= 11 is 6.01. The molecule has 0 aliphatic carbocycles. The van der Waals surface area contributed by atoms with Gasteiger partial charge in [-0.15, -0.1) is 0 Å². The van der Waals surface area contributed by atoms with E-state index in [1.807, 2.05) is 29.0 Å². The van der Waals surface area contributed by atoms with Gasteiger partial charge in [0.05, 0.1) is 12.6 Å². The first-order valence-corrected chi connectivity index (χ1v) is 7.18. The second-order valence-corrected chi connectivity index (χ2v) is 5.60. The van der Waals surface area contributed by atoms with E-state index >= 15 is 0 Å². The Morgan fingerprint density at radius 1 is 1.55 bits per heavy atom. The summed E-state index contributed by atoms with van der Waals surface area (Å²) < 4.78 is 0. The molecule has 0 spiro atoms. The average molecular weight is 298 g/mol. The second kappa shape index (κ2) is 7.02. The Kier molecular flexibility index (Phi) is 5.34. The quantitative estimate of drug-likeness (QED) is 0.847. The lowest BCUT2D eigenvalue weighted by molar-refractivity contribution is -0.134. The standard InChI is InChI=1S/C14H20ClN3O2/c1-17(9-11-3-2-6-16-14(11)15)10-13(20)18-7-4-12(19)5-8-18/h2-3,6,12,19H,4-5,7-10H2,1H3. The molecule has 1 aromatic heterocycles. The maximum atomic E-state index is 12.1. The van der Waals surface area contributed by atoms with Crippen molar-refractivity contribution in [3.8, 4) is 0 Å². The Morgan fingerprint density at radius 2 is 2.25 bits per heavy atom. The number of aromatic nitrogens is 1. The summed E-state index contributed by atoms with van der Waals surface area (Å²) in [4.78, 5) is 19.9. The molecule has 2 rings (SSSR count). The highest BCUT2D eigenvalue weighted by atomic mass is 35.5. The fraction of sp³-hybridized carbons (Fsp3) is 0.571. The highest BCUT2D eigenvalue weighted by Gasteiger charge is 2.22.